The van der Waals surface area contributed by atoms with Crippen molar-refractivity contribution in [3.8, 4) is 0 Å². The van der Waals surface area contributed by atoms with Crippen LogP contribution in [-0.4, -0.2) is 11.8 Å². The van der Waals surface area contributed by atoms with Gasteiger partial charge in [-0.05, 0) is 66.0 Å². The minimum Gasteiger partial charge on any atom is -0.292 e. The van der Waals surface area contributed by atoms with Crippen molar-refractivity contribution in [3.05, 3.63) is 11.6 Å². The van der Waals surface area contributed by atoms with Crippen LogP contribution in [0.5, 0.6) is 0 Å². The Hall–Kier alpha value is -0.590. The number of aliphatic imine (C=N–C) groups is 1. The van der Waals surface area contributed by atoms with Crippen molar-refractivity contribution < 1.29 is 0 Å². The van der Waals surface area contributed by atoms with Crippen LogP contribution in [0, 0.1) is 5.92 Å². The van der Waals surface area contributed by atoms with Crippen LogP contribution in [-0.2, 0) is 0 Å². The standard InChI is InChI=1S/C14H27N/c1-12(2)8-7-9-13(3)10-11-15-14(4,5)6/h8,11,13H,7,9-10H2,1-6H3. The molecule has 1 nitrogen and oxygen atoms in total. The van der Waals surface area contributed by atoms with Gasteiger partial charge in [0, 0.05) is 0 Å². The Bertz CT molecular complexity index is 214. The molecule has 0 bridgehead atoms. The molecule has 0 heterocycles. The molecule has 0 amide bonds. The fourth-order valence-corrected chi connectivity index (χ4v) is 1.28. The van der Waals surface area contributed by atoms with Gasteiger partial charge in [0.05, 0.1) is 5.54 Å². The van der Waals surface area contributed by atoms with E-state index < -0.39 is 0 Å². The lowest BCUT2D eigenvalue weighted by molar-refractivity contribution is 0.550. The molecule has 0 spiro atoms. The lowest BCUT2D eigenvalue weighted by atomic mass is 10.0. The van der Waals surface area contributed by atoms with Gasteiger partial charge in [0.2, 0.25) is 0 Å². The summed E-state index contributed by atoms with van der Waals surface area (Å²) in [7, 11) is 0. The van der Waals surface area contributed by atoms with Crippen LogP contribution in [0.1, 0.15) is 60.8 Å². The number of allylic oxidation sites excluding steroid dienone is 2. The van der Waals surface area contributed by atoms with Crippen LogP contribution in [0.25, 0.3) is 0 Å². The smallest absolute Gasteiger partial charge is 0.0520 e. The predicted octanol–water partition coefficient (Wildman–Crippen LogP) is 4.63. The molecular formula is C14H27N. The molecule has 0 aliphatic rings. The number of hydrogen-bond donors (Lipinski definition) is 0. The Kier molecular flexibility index (Phi) is 6.55. The normalized spacial score (nSPS) is 14.3. The second kappa shape index (κ2) is 6.81. The molecule has 0 radical (unpaired) electrons. The van der Waals surface area contributed by atoms with E-state index in [4.69, 9.17) is 0 Å². The van der Waals surface area contributed by atoms with Crippen LogP contribution in [0.2, 0.25) is 0 Å². The van der Waals surface area contributed by atoms with E-state index in [1.807, 2.05) is 0 Å². The topological polar surface area (TPSA) is 12.4 Å². The molecule has 0 aromatic carbocycles. The van der Waals surface area contributed by atoms with Crippen molar-refractivity contribution in [2.75, 3.05) is 0 Å². The number of nitrogens with zero attached hydrogens (tertiary/aromatic N) is 1. The maximum Gasteiger partial charge on any atom is 0.0520 e. The predicted molar refractivity (Wildman–Crippen MR) is 70.7 cm³/mol. The third-order valence-electron chi connectivity index (χ3n) is 2.20. The Balaban J connectivity index is 3.71. The van der Waals surface area contributed by atoms with Gasteiger partial charge in [0.1, 0.15) is 0 Å². The van der Waals surface area contributed by atoms with Gasteiger partial charge < -0.3 is 0 Å². The second-order valence-electron chi connectivity index (χ2n) is 5.68. The van der Waals surface area contributed by atoms with E-state index in [-0.39, 0.29) is 5.54 Å². The summed E-state index contributed by atoms with van der Waals surface area (Å²) in [6.07, 6.45) is 7.98. The summed E-state index contributed by atoms with van der Waals surface area (Å²) in [5, 5.41) is 0. The van der Waals surface area contributed by atoms with Gasteiger partial charge in [-0.2, -0.15) is 0 Å². The molecule has 15 heavy (non-hydrogen) atoms. The molecule has 1 atom stereocenters. The number of rotatable bonds is 5. The first-order valence-corrected chi connectivity index (χ1v) is 5.98. The van der Waals surface area contributed by atoms with Gasteiger partial charge >= 0.3 is 0 Å². The van der Waals surface area contributed by atoms with Crippen LogP contribution >= 0.6 is 0 Å². The molecule has 0 N–H and O–H groups in total. The lowest BCUT2D eigenvalue weighted by Gasteiger charge is -2.12. The third-order valence-corrected chi connectivity index (χ3v) is 2.20. The summed E-state index contributed by atoms with van der Waals surface area (Å²) in [5.74, 6) is 0.742. The summed E-state index contributed by atoms with van der Waals surface area (Å²) < 4.78 is 0. The molecule has 1 unspecified atom stereocenters. The monoisotopic (exact) mass is 209 g/mol. The summed E-state index contributed by atoms with van der Waals surface area (Å²) in [4.78, 5) is 4.50. The zero-order valence-electron chi connectivity index (χ0n) is 11.3. The minimum absolute atomic E-state index is 0.0830. The van der Waals surface area contributed by atoms with Crippen molar-refractivity contribution in [3.63, 3.8) is 0 Å². The largest absolute Gasteiger partial charge is 0.292 e. The molecule has 0 saturated heterocycles. The highest BCUT2D eigenvalue weighted by molar-refractivity contribution is 5.58. The molecule has 0 fully saturated rings. The molecule has 0 saturated carbocycles. The van der Waals surface area contributed by atoms with Gasteiger partial charge in [-0.25, -0.2) is 0 Å². The fourth-order valence-electron chi connectivity index (χ4n) is 1.28. The first-order valence-electron chi connectivity index (χ1n) is 5.98. The van der Waals surface area contributed by atoms with E-state index in [9.17, 15) is 0 Å². The molecule has 0 rings (SSSR count). The van der Waals surface area contributed by atoms with Crippen molar-refractivity contribution in [2.45, 2.75) is 66.3 Å². The van der Waals surface area contributed by atoms with Gasteiger partial charge in [0.15, 0.2) is 0 Å². The Labute approximate surface area is 95.7 Å². The Morgan fingerprint density at radius 3 is 2.33 bits per heavy atom. The van der Waals surface area contributed by atoms with Gasteiger partial charge in [-0.1, -0.05) is 18.6 Å². The van der Waals surface area contributed by atoms with Crippen molar-refractivity contribution in [2.24, 2.45) is 10.9 Å². The Morgan fingerprint density at radius 1 is 1.27 bits per heavy atom. The van der Waals surface area contributed by atoms with Crippen molar-refractivity contribution in [1.82, 2.24) is 0 Å². The minimum atomic E-state index is 0.0830. The third kappa shape index (κ3) is 11.3. The highest BCUT2D eigenvalue weighted by Crippen LogP contribution is 2.12. The van der Waals surface area contributed by atoms with Crippen LogP contribution in [0.15, 0.2) is 16.6 Å². The molecule has 88 valence electrons. The van der Waals surface area contributed by atoms with E-state index in [2.05, 4.69) is 58.8 Å². The molecule has 0 aromatic rings. The summed E-state index contributed by atoms with van der Waals surface area (Å²) >= 11 is 0. The summed E-state index contributed by atoms with van der Waals surface area (Å²) in [5.41, 5.74) is 1.50. The highest BCUT2D eigenvalue weighted by atomic mass is 14.8. The van der Waals surface area contributed by atoms with E-state index >= 15 is 0 Å². The fraction of sp³-hybridized carbons (Fsp3) is 0.786. The van der Waals surface area contributed by atoms with E-state index in [0.29, 0.717) is 0 Å². The molecule has 0 aromatic heterocycles. The maximum absolute atomic E-state index is 4.50. The lowest BCUT2D eigenvalue weighted by Crippen LogP contribution is -2.10. The van der Waals surface area contributed by atoms with Crippen molar-refractivity contribution >= 4 is 6.21 Å². The van der Waals surface area contributed by atoms with Crippen molar-refractivity contribution in [1.29, 1.82) is 0 Å². The van der Waals surface area contributed by atoms with Gasteiger partial charge in [-0.3, -0.25) is 4.99 Å². The van der Waals surface area contributed by atoms with E-state index in [0.717, 1.165) is 12.3 Å². The quantitative estimate of drug-likeness (QED) is 0.462. The zero-order chi connectivity index (χ0) is 11.9. The average molecular weight is 209 g/mol. The first kappa shape index (κ1) is 14.4. The SMILES string of the molecule is CC(C)=CCCC(C)CC=NC(C)(C)C. The number of hydrogen-bond acceptors (Lipinski definition) is 1. The van der Waals surface area contributed by atoms with E-state index in [1.165, 1.54) is 18.4 Å². The molecular weight excluding hydrogens is 182 g/mol. The molecule has 1 heteroatoms. The second-order valence-corrected chi connectivity index (χ2v) is 5.68. The van der Waals surface area contributed by atoms with Gasteiger partial charge in [0.25, 0.3) is 0 Å². The maximum atomic E-state index is 4.50. The molecule has 0 aliphatic carbocycles. The van der Waals surface area contributed by atoms with Crippen LogP contribution in [0.4, 0.5) is 0 Å². The van der Waals surface area contributed by atoms with Gasteiger partial charge in [-0.15, -0.1) is 0 Å². The first-order chi connectivity index (χ1) is 6.81. The highest BCUT2D eigenvalue weighted by Gasteiger charge is 2.05. The molecule has 0 aliphatic heterocycles. The summed E-state index contributed by atoms with van der Waals surface area (Å²) in [6.45, 7) is 13.0. The average Bonchev–Trinajstić information content (AvgIpc) is 2.00. The Morgan fingerprint density at radius 2 is 1.87 bits per heavy atom. The van der Waals surface area contributed by atoms with E-state index in [1.54, 1.807) is 0 Å². The summed E-state index contributed by atoms with van der Waals surface area (Å²) in [6, 6.07) is 0. The van der Waals surface area contributed by atoms with Crippen LogP contribution in [0.3, 0.4) is 0 Å². The zero-order valence-corrected chi connectivity index (χ0v) is 11.3. The van der Waals surface area contributed by atoms with Crippen LogP contribution < -0.4 is 0 Å².